The van der Waals surface area contributed by atoms with Gasteiger partial charge < -0.3 is 14.8 Å². The van der Waals surface area contributed by atoms with Gasteiger partial charge in [0.1, 0.15) is 16.5 Å². The summed E-state index contributed by atoms with van der Waals surface area (Å²) in [6.45, 7) is 0.634. The summed E-state index contributed by atoms with van der Waals surface area (Å²) >= 11 is 5.39. The van der Waals surface area contributed by atoms with E-state index in [0.717, 1.165) is 22.6 Å². The first-order valence-corrected chi connectivity index (χ1v) is 6.69. The van der Waals surface area contributed by atoms with Crippen molar-refractivity contribution in [3.8, 4) is 11.5 Å². The van der Waals surface area contributed by atoms with Crippen LogP contribution in [0.1, 0.15) is 11.1 Å². The van der Waals surface area contributed by atoms with Gasteiger partial charge in [0.05, 0.1) is 14.2 Å². The fourth-order valence-corrected chi connectivity index (χ4v) is 2.08. The summed E-state index contributed by atoms with van der Waals surface area (Å²) in [6.07, 6.45) is 0. The quantitative estimate of drug-likeness (QED) is 0.856. The van der Waals surface area contributed by atoms with Crippen LogP contribution in [0.3, 0.4) is 0 Å². The summed E-state index contributed by atoms with van der Waals surface area (Å²) in [7, 11) is 3.31. The van der Waals surface area contributed by atoms with E-state index in [9.17, 15) is 0 Å². The molecule has 0 bridgehead atoms. The predicted molar refractivity (Wildman–Crippen MR) is 84.5 cm³/mol. The first-order valence-electron chi connectivity index (χ1n) is 6.28. The van der Waals surface area contributed by atoms with Crippen LogP contribution in [-0.2, 0) is 6.54 Å². The molecule has 0 aliphatic heterocycles. The van der Waals surface area contributed by atoms with Crippen LogP contribution in [0.5, 0.6) is 11.5 Å². The Kier molecular flexibility index (Phi) is 4.96. The van der Waals surface area contributed by atoms with Crippen LogP contribution in [0.4, 0.5) is 0 Å². The lowest BCUT2D eigenvalue weighted by atomic mass is 10.2. The van der Waals surface area contributed by atoms with E-state index < -0.39 is 0 Å². The molecule has 0 unspecified atom stereocenters. The normalized spacial score (nSPS) is 9.90. The van der Waals surface area contributed by atoms with Crippen LogP contribution in [0.2, 0.25) is 0 Å². The molecule has 0 heterocycles. The third-order valence-electron chi connectivity index (χ3n) is 2.98. The topological polar surface area (TPSA) is 30.5 Å². The van der Waals surface area contributed by atoms with E-state index in [1.807, 2.05) is 48.5 Å². The van der Waals surface area contributed by atoms with E-state index in [1.54, 1.807) is 14.2 Å². The van der Waals surface area contributed by atoms with E-state index in [-0.39, 0.29) is 0 Å². The molecule has 0 radical (unpaired) electrons. The van der Waals surface area contributed by atoms with Crippen molar-refractivity contribution < 1.29 is 9.47 Å². The molecule has 2 aromatic carbocycles. The number of hydrogen-bond donors (Lipinski definition) is 1. The van der Waals surface area contributed by atoms with Gasteiger partial charge in [-0.2, -0.15) is 0 Å². The van der Waals surface area contributed by atoms with E-state index in [4.69, 9.17) is 21.7 Å². The van der Waals surface area contributed by atoms with Gasteiger partial charge in [-0.25, -0.2) is 0 Å². The number of para-hydroxylation sites is 1. The number of nitrogens with one attached hydrogen (secondary N) is 1. The van der Waals surface area contributed by atoms with Crippen molar-refractivity contribution in [3.05, 3.63) is 59.7 Å². The highest BCUT2D eigenvalue weighted by molar-refractivity contribution is 7.80. The Morgan fingerprint density at radius 3 is 2.35 bits per heavy atom. The largest absolute Gasteiger partial charge is 0.497 e. The molecule has 0 saturated heterocycles. The van der Waals surface area contributed by atoms with E-state index in [0.29, 0.717) is 11.5 Å². The maximum atomic E-state index is 5.39. The minimum Gasteiger partial charge on any atom is -0.497 e. The number of ether oxygens (including phenoxy) is 2. The average molecular weight is 287 g/mol. The molecule has 1 N–H and O–H groups in total. The molecule has 0 aromatic heterocycles. The SMILES string of the molecule is COc1ccc(C(=S)NCc2ccccc2OC)cc1. The van der Waals surface area contributed by atoms with Gasteiger partial charge in [-0.3, -0.25) is 0 Å². The number of benzene rings is 2. The summed E-state index contributed by atoms with van der Waals surface area (Å²) in [5.41, 5.74) is 2.04. The third-order valence-corrected chi connectivity index (χ3v) is 3.36. The molecule has 0 amide bonds. The second kappa shape index (κ2) is 6.91. The van der Waals surface area contributed by atoms with Crippen molar-refractivity contribution in [2.45, 2.75) is 6.54 Å². The lowest BCUT2D eigenvalue weighted by molar-refractivity contribution is 0.409. The smallest absolute Gasteiger partial charge is 0.123 e. The molecule has 20 heavy (non-hydrogen) atoms. The Morgan fingerprint density at radius 1 is 1.00 bits per heavy atom. The Hall–Kier alpha value is -2.07. The zero-order valence-electron chi connectivity index (χ0n) is 11.6. The Balaban J connectivity index is 2.01. The number of rotatable bonds is 5. The highest BCUT2D eigenvalue weighted by Gasteiger charge is 2.04. The molecule has 2 rings (SSSR count). The number of hydrogen-bond acceptors (Lipinski definition) is 3. The summed E-state index contributed by atoms with van der Waals surface area (Å²) in [5, 5.41) is 3.24. The average Bonchev–Trinajstić information content (AvgIpc) is 2.53. The Labute approximate surface area is 124 Å². The monoisotopic (exact) mass is 287 g/mol. The van der Waals surface area contributed by atoms with Crippen molar-refractivity contribution in [2.24, 2.45) is 0 Å². The predicted octanol–water partition coefficient (Wildman–Crippen LogP) is 3.17. The highest BCUT2D eigenvalue weighted by Crippen LogP contribution is 2.17. The van der Waals surface area contributed by atoms with Crippen LogP contribution in [0.25, 0.3) is 0 Å². The zero-order chi connectivity index (χ0) is 14.4. The van der Waals surface area contributed by atoms with Crippen molar-refractivity contribution >= 4 is 17.2 Å². The van der Waals surface area contributed by atoms with Crippen molar-refractivity contribution in [3.63, 3.8) is 0 Å². The minimum absolute atomic E-state index is 0.634. The molecule has 3 nitrogen and oxygen atoms in total. The van der Waals surface area contributed by atoms with E-state index in [1.165, 1.54) is 0 Å². The first kappa shape index (κ1) is 14.3. The summed E-state index contributed by atoms with van der Waals surface area (Å²) in [5.74, 6) is 1.68. The highest BCUT2D eigenvalue weighted by atomic mass is 32.1. The third kappa shape index (κ3) is 3.48. The molecule has 0 aliphatic rings. The zero-order valence-corrected chi connectivity index (χ0v) is 12.4. The maximum absolute atomic E-state index is 5.39. The maximum Gasteiger partial charge on any atom is 0.123 e. The van der Waals surface area contributed by atoms with Gasteiger partial charge in [-0.15, -0.1) is 0 Å². The summed E-state index contributed by atoms with van der Waals surface area (Å²) < 4.78 is 10.4. The summed E-state index contributed by atoms with van der Waals surface area (Å²) in [6, 6.07) is 15.6. The van der Waals surface area contributed by atoms with Crippen molar-refractivity contribution in [1.29, 1.82) is 0 Å². The van der Waals surface area contributed by atoms with Crippen LogP contribution in [0, 0.1) is 0 Å². The Morgan fingerprint density at radius 2 is 1.70 bits per heavy atom. The molecule has 0 fully saturated rings. The van der Waals surface area contributed by atoms with Gasteiger partial charge in [0.25, 0.3) is 0 Å². The lowest BCUT2D eigenvalue weighted by Crippen LogP contribution is -2.21. The standard InChI is InChI=1S/C16H17NO2S/c1-18-14-9-7-12(8-10-14)16(20)17-11-13-5-3-4-6-15(13)19-2/h3-10H,11H2,1-2H3,(H,17,20). The molecule has 4 heteroatoms. The first-order chi connectivity index (χ1) is 9.74. The molecular formula is C16H17NO2S. The molecule has 104 valence electrons. The molecule has 0 spiro atoms. The Bertz CT molecular complexity index is 581. The van der Waals surface area contributed by atoms with Crippen LogP contribution < -0.4 is 14.8 Å². The lowest BCUT2D eigenvalue weighted by Gasteiger charge is -2.11. The van der Waals surface area contributed by atoms with E-state index >= 15 is 0 Å². The van der Waals surface area contributed by atoms with Gasteiger partial charge >= 0.3 is 0 Å². The second-order valence-electron chi connectivity index (χ2n) is 4.22. The van der Waals surface area contributed by atoms with Gasteiger partial charge in [0.15, 0.2) is 0 Å². The van der Waals surface area contributed by atoms with Gasteiger partial charge in [0.2, 0.25) is 0 Å². The van der Waals surface area contributed by atoms with Crippen LogP contribution in [-0.4, -0.2) is 19.2 Å². The molecule has 0 aliphatic carbocycles. The molecule has 0 atom stereocenters. The molecular weight excluding hydrogens is 270 g/mol. The van der Waals surface area contributed by atoms with Crippen molar-refractivity contribution in [1.82, 2.24) is 5.32 Å². The van der Waals surface area contributed by atoms with Crippen LogP contribution >= 0.6 is 12.2 Å². The summed E-state index contributed by atoms with van der Waals surface area (Å²) in [4.78, 5) is 0.707. The fraction of sp³-hybridized carbons (Fsp3) is 0.188. The fourth-order valence-electron chi connectivity index (χ4n) is 1.87. The number of methoxy groups -OCH3 is 2. The van der Waals surface area contributed by atoms with E-state index in [2.05, 4.69) is 5.32 Å². The number of thiocarbonyl (C=S) groups is 1. The van der Waals surface area contributed by atoms with Crippen LogP contribution in [0.15, 0.2) is 48.5 Å². The minimum atomic E-state index is 0.634. The van der Waals surface area contributed by atoms with Gasteiger partial charge in [-0.1, -0.05) is 30.4 Å². The molecule has 0 saturated carbocycles. The van der Waals surface area contributed by atoms with Crippen molar-refractivity contribution in [2.75, 3.05) is 14.2 Å². The second-order valence-corrected chi connectivity index (χ2v) is 4.63. The van der Waals surface area contributed by atoms with Gasteiger partial charge in [0, 0.05) is 17.7 Å². The van der Waals surface area contributed by atoms with Gasteiger partial charge in [-0.05, 0) is 30.3 Å². The molecule has 2 aromatic rings.